The van der Waals surface area contributed by atoms with Gasteiger partial charge in [0.25, 0.3) is 5.91 Å². The second-order valence-corrected chi connectivity index (χ2v) is 5.48. The highest BCUT2D eigenvalue weighted by molar-refractivity contribution is 9.10. The van der Waals surface area contributed by atoms with Gasteiger partial charge in [0.15, 0.2) is 12.4 Å². The van der Waals surface area contributed by atoms with Crippen LogP contribution in [-0.2, 0) is 9.53 Å². The number of hydrogen-bond acceptors (Lipinski definition) is 4. The van der Waals surface area contributed by atoms with Crippen LogP contribution in [-0.4, -0.2) is 23.5 Å². The molecular formula is C14H8BrClF2N2O3. The van der Waals surface area contributed by atoms with Gasteiger partial charge in [-0.3, -0.25) is 4.79 Å². The molecule has 1 N–H and O–H groups in total. The summed E-state index contributed by atoms with van der Waals surface area (Å²) < 4.78 is 31.3. The third kappa shape index (κ3) is 4.70. The Balaban J connectivity index is 1.97. The largest absolute Gasteiger partial charge is 0.452 e. The second-order valence-electron chi connectivity index (χ2n) is 4.24. The third-order valence-electron chi connectivity index (χ3n) is 2.57. The first-order valence-corrected chi connectivity index (χ1v) is 7.27. The van der Waals surface area contributed by atoms with E-state index in [9.17, 15) is 18.4 Å². The van der Waals surface area contributed by atoms with Gasteiger partial charge in [-0.25, -0.2) is 18.6 Å². The predicted molar refractivity (Wildman–Crippen MR) is 82.2 cm³/mol. The summed E-state index contributed by atoms with van der Waals surface area (Å²) in [5.74, 6) is -3.33. The van der Waals surface area contributed by atoms with Gasteiger partial charge < -0.3 is 10.1 Å². The van der Waals surface area contributed by atoms with Gasteiger partial charge in [0, 0.05) is 16.7 Å². The molecule has 1 aromatic carbocycles. The predicted octanol–water partition coefficient (Wildman–Crippen LogP) is 3.57. The average Bonchev–Trinajstić information content (AvgIpc) is 2.48. The van der Waals surface area contributed by atoms with Crippen molar-refractivity contribution in [1.29, 1.82) is 0 Å². The summed E-state index contributed by atoms with van der Waals surface area (Å²) in [4.78, 5) is 27.1. The SMILES string of the molecule is O=C(COC(=O)c1ccnc(Cl)c1)Nc1c(F)cc(F)cc1Br. The van der Waals surface area contributed by atoms with Crippen LogP contribution in [0.3, 0.4) is 0 Å². The number of carbonyl (C=O) groups excluding carboxylic acids is 2. The number of amides is 1. The molecule has 120 valence electrons. The van der Waals surface area contributed by atoms with Crippen LogP contribution in [0.2, 0.25) is 5.15 Å². The molecule has 0 fully saturated rings. The van der Waals surface area contributed by atoms with Crippen molar-refractivity contribution in [3.8, 4) is 0 Å². The lowest BCUT2D eigenvalue weighted by molar-refractivity contribution is -0.119. The van der Waals surface area contributed by atoms with Gasteiger partial charge in [-0.15, -0.1) is 0 Å². The molecule has 2 rings (SSSR count). The fourth-order valence-electron chi connectivity index (χ4n) is 1.58. The lowest BCUT2D eigenvalue weighted by Crippen LogP contribution is -2.21. The Labute approximate surface area is 142 Å². The molecule has 9 heteroatoms. The van der Waals surface area contributed by atoms with E-state index in [2.05, 4.69) is 26.2 Å². The number of hydrogen-bond donors (Lipinski definition) is 1. The van der Waals surface area contributed by atoms with E-state index in [1.54, 1.807) is 0 Å². The summed E-state index contributed by atoms with van der Waals surface area (Å²) in [6, 6.07) is 4.25. The second kappa shape index (κ2) is 7.47. The molecular weight excluding hydrogens is 398 g/mol. The molecule has 0 aliphatic rings. The zero-order valence-electron chi connectivity index (χ0n) is 11.3. The Hall–Kier alpha value is -2.06. The zero-order valence-corrected chi connectivity index (χ0v) is 13.6. The van der Waals surface area contributed by atoms with E-state index >= 15 is 0 Å². The van der Waals surface area contributed by atoms with Crippen molar-refractivity contribution in [1.82, 2.24) is 4.98 Å². The summed E-state index contributed by atoms with van der Waals surface area (Å²) in [5.41, 5.74) is -0.133. The number of ether oxygens (including phenoxy) is 1. The molecule has 1 heterocycles. The third-order valence-corrected chi connectivity index (χ3v) is 3.40. The molecule has 23 heavy (non-hydrogen) atoms. The van der Waals surface area contributed by atoms with Gasteiger partial charge in [-0.05, 0) is 34.1 Å². The highest BCUT2D eigenvalue weighted by Crippen LogP contribution is 2.26. The van der Waals surface area contributed by atoms with Crippen LogP contribution in [0.1, 0.15) is 10.4 Å². The number of rotatable bonds is 4. The number of pyridine rings is 1. The van der Waals surface area contributed by atoms with Gasteiger partial charge in [0.2, 0.25) is 0 Å². The Bertz CT molecular complexity index is 750. The smallest absolute Gasteiger partial charge is 0.338 e. The summed E-state index contributed by atoms with van der Waals surface area (Å²) in [5, 5.41) is 2.28. The summed E-state index contributed by atoms with van der Waals surface area (Å²) in [7, 11) is 0. The Morgan fingerprint density at radius 3 is 2.70 bits per heavy atom. The van der Waals surface area contributed by atoms with Gasteiger partial charge in [-0.2, -0.15) is 0 Å². The maximum absolute atomic E-state index is 13.6. The van der Waals surface area contributed by atoms with Crippen LogP contribution in [0, 0.1) is 11.6 Å². The number of carbonyl (C=O) groups is 2. The first-order valence-electron chi connectivity index (χ1n) is 6.10. The van der Waals surface area contributed by atoms with Crippen LogP contribution >= 0.6 is 27.5 Å². The Morgan fingerprint density at radius 2 is 2.04 bits per heavy atom. The zero-order chi connectivity index (χ0) is 17.0. The molecule has 0 aliphatic carbocycles. The fourth-order valence-corrected chi connectivity index (χ4v) is 2.26. The highest BCUT2D eigenvalue weighted by Gasteiger charge is 2.15. The van der Waals surface area contributed by atoms with Crippen molar-refractivity contribution < 1.29 is 23.1 Å². The van der Waals surface area contributed by atoms with Crippen LogP contribution in [0.4, 0.5) is 14.5 Å². The molecule has 0 unspecified atom stereocenters. The normalized spacial score (nSPS) is 10.3. The Morgan fingerprint density at radius 1 is 1.30 bits per heavy atom. The van der Waals surface area contributed by atoms with E-state index < -0.39 is 30.1 Å². The van der Waals surface area contributed by atoms with Gasteiger partial charge in [0.1, 0.15) is 11.0 Å². The van der Waals surface area contributed by atoms with Crippen LogP contribution in [0.5, 0.6) is 0 Å². The topological polar surface area (TPSA) is 68.3 Å². The molecule has 0 radical (unpaired) electrons. The number of esters is 1. The Kier molecular flexibility index (Phi) is 5.62. The molecule has 0 saturated heterocycles. The number of nitrogens with zero attached hydrogens (tertiary/aromatic N) is 1. The minimum absolute atomic E-state index is 0.0237. The minimum Gasteiger partial charge on any atom is -0.452 e. The van der Waals surface area contributed by atoms with Crippen molar-refractivity contribution in [3.05, 3.63) is 57.3 Å². The molecule has 0 saturated carbocycles. The number of anilines is 1. The van der Waals surface area contributed by atoms with Gasteiger partial charge >= 0.3 is 5.97 Å². The van der Waals surface area contributed by atoms with Crippen molar-refractivity contribution in [2.24, 2.45) is 0 Å². The average molecular weight is 406 g/mol. The molecule has 0 atom stereocenters. The van der Waals surface area contributed by atoms with E-state index in [1.165, 1.54) is 18.3 Å². The van der Waals surface area contributed by atoms with Crippen LogP contribution in [0.25, 0.3) is 0 Å². The molecule has 1 aromatic heterocycles. The maximum atomic E-state index is 13.6. The molecule has 5 nitrogen and oxygen atoms in total. The van der Waals surface area contributed by atoms with E-state index in [4.69, 9.17) is 16.3 Å². The molecule has 0 aliphatic heterocycles. The molecule has 1 amide bonds. The van der Waals surface area contributed by atoms with Crippen molar-refractivity contribution in [2.45, 2.75) is 0 Å². The van der Waals surface area contributed by atoms with Gasteiger partial charge in [0.05, 0.1) is 11.3 Å². The van der Waals surface area contributed by atoms with Crippen LogP contribution in [0.15, 0.2) is 34.9 Å². The van der Waals surface area contributed by atoms with Crippen molar-refractivity contribution >= 4 is 45.1 Å². The number of halogens is 4. The quantitative estimate of drug-likeness (QED) is 0.624. The summed E-state index contributed by atoms with van der Waals surface area (Å²) in [6.07, 6.45) is 1.31. The van der Waals surface area contributed by atoms with Gasteiger partial charge in [-0.1, -0.05) is 11.6 Å². The molecule has 0 spiro atoms. The van der Waals surface area contributed by atoms with Crippen molar-refractivity contribution in [3.63, 3.8) is 0 Å². The lowest BCUT2D eigenvalue weighted by Gasteiger charge is -2.09. The van der Waals surface area contributed by atoms with Crippen LogP contribution < -0.4 is 5.32 Å². The minimum atomic E-state index is -0.961. The lowest BCUT2D eigenvalue weighted by atomic mass is 10.3. The number of aromatic nitrogens is 1. The van der Waals surface area contributed by atoms with E-state index in [-0.39, 0.29) is 20.9 Å². The molecule has 2 aromatic rings. The standard InChI is InChI=1S/C14H8BrClF2N2O3/c15-9-4-8(17)5-10(18)13(9)20-12(21)6-23-14(22)7-1-2-19-11(16)3-7/h1-5H,6H2,(H,20,21). The fraction of sp³-hybridized carbons (Fsp3) is 0.0714. The first kappa shape index (κ1) is 17.3. The monoisotopic (exact) mass is 404 g/mol. The summed E-state index contributed by atoms with van der Waals surface area (Å²) in [6.45, 7) is -0.651. The first-order chi connectivity index (χ1) is 10.9. The van der Waals surface area contributed by atoms with E-state index in [0.717, 1.165) is 6.07 Å². The maximum Gasteiger partial charge on any atom is 0.338 e. The van der Waals surface area contributed by atoms with E-state index in [0.29, 0.717) is 6.07 Å². The molecule has 0 bridgehead atoms. The summed E-state index contributed by atoms with van der Waals surface area (Å²) >= 11 is 8.56. The number of nitrogens with one attached hydrogen (secondary N) is 1. The number of benzene rings is 1. The highest BCUT2D eigenvalue weighted by atomic mass is 79.9. The van der Waals surface area contributed by atoms with Crippen molar-refractivity contribution in [2.75, 3.05) is 11.9 Å². The van der Waals surface area contributed by atoms with E-state index in [1.807, 2.05) is 0 Å².